The van der Waals surface area contributed by atoms with Gasteiger partial charge in [-0.1, -0.05) is 238 Å². The third kappa shape index (κ3) is 46.9. The van der Waals surface area contributed by atoms with Crippen molar-refractivity contribution in [2.24, 2.45) is 0 Å². The predicted octanol–water partition coefficient (Wildman–Crippen LogP) is 15.3. The number of ether oxygens (including phenoxy) is 3. The van der Waals surface area contributed by atoms with Gasteiger partial charge in [0.15, 0.2) is 6.10 Å². The summed E-state index contributed by atoms with van der Waals surface area (Å²) in [5.41, 5.74) is 0. The molecule has 0 fully saturated rings. The number of allylic oxidation sites excluding steroid dienone is 2. The van der Waals surface area contributed by atoms with E-state index in [0.717, 1.165) is 51.4 Å². The molecule has 0 saturated heterocycles. The molecule has 0 aromatic heterocycles. The van der Waals surface area contributed by atoms with Crippen molar-refractivity contribution in [2.45, 2.75) is 296 Å². The number of hydrogen-bond donors (Lipinski definition) is 0. The van der Waals surface area contributed by atoms with Crippen LogP contribution in [0.3, 0.4) is 0 Å². The lowest BCUT2D eigenvalue weighted by atomic mass is 10.0. The number of carbonyl (C=O) groups is 3. The first-order valence-corrected chi connectivity index (χ1v) is 28.2. The molecular formula is C57H109NO7. The van der Waals surface area contributed by atoms with Crippen LogP contribution in [0.2, 0.25) is 0 Å². The van der Waals surface area contributed by atoms with Crippen LogP contribution in [0.4, 0.5) is 0 Å². The normalized spacial score (nSPS) is 12.8. The molecule has 65 heavy (non-hydrogen) atoms. The molecule has 384 valence electrons. The standard InChI is InChI=1S/C57H109NO7/c1-6-8-10-12-14-16-18-20-22-24-26-27-28-29-30-32-33-35-37-39-41-43-45-47-55(59)64-52-53(51-63-50-49-54(57(61)62)58(3,4)5)65-56(60)48-46-44-42-40-38-36-34-31-25-23-21-19-17-15-13-11-9-7-2/h31,34,53-54H,6-30,32-33,35-52H2,1-5H3/b34-31+. The highest BCUT2D eigenvalue weighted by Gasteiger charge is 2.25. The van der Waals surface area contributed by atoms with Gasteiger partial charge in [0.25, 0.3) is 0 Å². The Bertz CT molecular complexity index is 1070. The molecule has 0 saturated carbocycles. The summed E-state index contributed by atoms with van der Waals surface area (Å²) in [4.78, 5) is 37.1. The Kier molecular flexibility index (Phi) is 47.1. The van der Waals surface area contributed by atoms with Gasteiger partial charge in [0.05, 0.1) is 40.3 Å². The molecule has 0 aromatic carbocycles. The van der Waals surface area contributed by atoms with Crippen LogP contribution >= 0.6 is 0 Å². The van der Waals surface area contributed by atoms with Crippen molar-refractivity contribution in [2.75, 3.05) is 41.0 Å². The number of unbranched alkanes of at least 4 members (excludes halogenated alkanes) is 36. The summed E-state index contributed by atoms with van der Waals surface area (Å²) in [5.74, 6) is -1.72. The number of carbonyl (C=O) groups excluding carboxylic acids is 3. The zero-order valence-electron chi connectivity index (χ0n) is 43.9. The largest absolute Gasteiger partial charge is 0.544 e. The van der Waals surface area contributed by atoms with Crippen LogP contribution in [0.5, 0.6) is 0 Å². The van der Waals surface area contributed by atoms with E-state index in [-0.39, 0.29) is 42.7 Å². The molecule has 0 N–H and O–H groups in total. The van der Waals surface area contributed by atoms with E-state index in [0.29, 0.717) is 12.8 Å². The molecule has 8 nitrogen and oxygen atoms in total. The lowest BCUT2D eigenvalue weighted by Gasteiger charge is -2.34. The Hall–Kier alpha value is -1.93. The van der Waals surface area contributed by atoms with Gasteiger partial charge < -0.3 is 28.6 Å². The van der Waals surface area contributed by atoms with Crippen LogP contribution in [0.15, 0.2) is 12.2 Å². The average Bonchev–Trinajstić information content (AvgIpc) is 3.27. The topological polar surface area (TPSA) is 102 Å². The zero-order chi connectivity index (χ0) is 47.7. The van der Waals surface area contributed by atoms with Crippen molar-refractivity contribution in [1.82, 2.24) is 0 Å². The Balaban J connectivity index is 4.13. The van der Waals surface area contributed by atoms with E-state index in [9.17, 15) is 19.5 Å². The summed E-state index contributed by atoms with van der Waals surface area (Å²) in [6, 6.07) is -0.724. The zero-order valence-corrected chi connectivity index (χ0v) is 43.9. The van der Waals surface area contributed by atoms with Crippen molar-refractivity contribution in [3.8, 4) is 0 Å². The van der Waals surface area contributed by atoms with Gasteiger partial charge in [-0.05, 0) is 38.5 Å². The SMILES string of the molecule is CCCCCCCCCCC/C=C/CCCCCCCC(=O)OC(COCCC(C(=O)[O-])[N+](C)(C)C)COC(=O)CCCCCCCCCCCCCCCCCCCCCCCCC. The van der Waals surface area contributed by atoms with Crippen molar-refractivity contribution < 1.29 is 38.2 Å². The summed E-state index contributed by atoms with van der Waals surface area (Å²) in [5, 5.41) is 11.7. The minimum atomic E-state index is -1.12. The second-order valence-electron chi connectivity index (χ2n) is 20.5. The number of likely N-dealkylation sites (N-methyl/N-ethyl adjacent to an activating group) is 1. The third-order valence-electron chi connectivity index (χ3n) is 13.2. The van der Waals surface area contributed by atoms with Gasteiger partial charge in [-0.25, -0.2) is 0 Å². The minimum absolute atomic E-state index is 0.0437. The molecule has 0 spiro atoms. The van der Waals surface area contributed by atoms with Gasteiger partial charge in [0.1, 0.15) is 12.6 Å². The maximum absolute atomic E-state index is 12.8. The number of nitrogens with zero attached hydrogens (tertiary/aromatic N) is 1. The Morgan fingerprint density at radius 1 is 0.446 bits per heavy atom. The fraction of sp³-hybridized carbons (Fsp3) is 0.912. The van der Waals surface area contributed by atoms with Crippen LogP contribution in [-0.4, -0.2) is 75.5 Å². The summed E-state index contributed by atoms with van der Waals surface area (Å²) >= 11 is 0. The summed E-state index contributed by atoms with van der Waals surface area (Å²) in [6.07, 6.45) is 55.4. The first kappa shape index (κ1) is 63.1. The maximum Gasteiger partial charge on any atom is 0.306 e. The molecule has 0 radical (unpaired) electrons. The van der Waals surface area contributed by atoms with E-state index < -0.39 is 18.1 Å². The Morgan fingerprint density at radius 2 is 0.769 bits per heavy atom. The summed E-state index contributed by atoms with van der Waals surface area (Å²) < 4.78 is 17.3. The molecule has 0 aromatic rings. The fourth-order valence-corrected chi connectivity index (χ4v) is 8.78. The van der Waals surface area contributed by atoms with Gasteiger partial charge in [0, 0.05) is 19.3 Å². The van der Waals surface area contributed by atoms with Gasteiger partial charge in [-0.3, -0.25) is 9.59 Å². The Labute approximate surface area is 403 Å². The third-order valence-corrected chi connectivity index (χ3v) is 13.2. The van der Waals surface area contributed by atoms with Gasteiger partial charge >= 0.3 is 11.9 Å². The predicted molar refractivity (Wildman–Crippen MR) is 273 cm³/mol. The molecule has 0 aliphatic rings. The smallest absolute Gasteiger partial charge is 0.306 e. The second kappa shape index (κ2) is 48.5. The van der Waals surface area contributed by atoms with Crippen LogP contribution in [0, 0.1) is 0 Å². The number of aliphatic carboxylic acids is 1. The fourth-order valence-electron chi connectivity index (χ4n) is 8.78. The number of hydrogen-bond acceptors (Lipinski definition) is 7. The molecule has 0 aliphatic carbocycles. The van der Waals surface area contributed by atoms with Gasteiger partial charge in [0.2, 0.25) is 0 Å². The first-order chi connectivity index (χ1) is 31.6. The van der Waals surface area contributed by atoms with Crippen LogP contribution in [-0.2, 0) is 28.6 Å². The average molecular weight is 920 g/mol. The number of carboxylic acid groups (broad SMARTS) is 1. The monoisotopic (exact) mass is 920 g/mol. The number of quaternary nitrogens is 1. The quantitative estimate of drug-likeness (QED) is 0.0259. The molecule has 0 rings (SSSR count). The second-order valence-corrected chi connectivity index (χ2v) is 20.5. The Morgan fingerprint density at radius 3 is 1.11 bits per heavy atom. The van der Waals surface area contributed by atoms with Crippen molar-refractivity contribution in [1.29, 1.82) is 0 Å². The maximum atomic E-state index is 12.8. The molecule has 8 heteroatoms. The number of carboxylic acids is 1. The lowest BCUT2D eigenvalue weighted by molar-refractivity contribution is -0.889. The molecule has 0 heterocycles. The molecule has 2 unspecified atom stereocenters. The minimum Gasteiger partial charge on any atom is -0.544 e. The molecule has 0 aliphatic heterocycles. The van der Waals surface area contributed by atoms with E-state index in [1.54, 1.807) is 0 Å². The van der Waals surface area contributed by atoms with E-state index in [1.807, 2.05) is 21.1 Å². The van der Waals surface area contributed by atoms with Crippen molar-refractivity contribution >= 4 is 17.9 Å². The molecule has 2 atom stereocenters. The molecule has 0 amide bonds. The van der Waals surface area contributed by atoms with Crippen LogP contribution in [0.25, 0.3) is 0 Å². The number of esters is 2. The van der Waals surface area contributed by atoms with E-state index in [1.165, 1.54) is 199 Å². The van der Waals surface area contributed by atoms with Gasteiger partial charge in [-0.2, -0.15) is 0 Å². The summed E-state index contributed by atoms with van der Waals surface area (Å²) in [6.45, 7) is 4.72. The highest BCUT2D eigenvalue weighted by Crippen LogP contribution is 2.17. The van der Waals surface area contributed by atoms with E-state index in [2.05, 4.69) is 26.0 Å². The van der Waals surface area contributed by atoms with Crippen LogP contribution in [0.1, 0.15) is 284 Å². The van der Waals surface area contributed by atoms with Crippen molar-refractivity contribution in [3.63, 3.8) is 0 Å². The molecular weight excluding hydrogens is 811 g/mol. The number of rotatable bonds is 52. The lowest BCUT2D eigenvalue weighted by Crippen LogP contribution is -2.55. The van der Waals surface area contributed by atoms with Crippen molar-refractivity contribution in [3.05, 3.63) is 12.2 Å². The van der Waals surface area contributed by atoms with E-state index in [4.69, 9.17) is 14.2 Å². The highest BCUT2D eigenvalue weighted by molar-refractivity contribution is 5.70. The van der Waals surface area contributed by atoms with Crippen LogP contribution < -0.4 is 5.11 Å². The highest BCUT2D eigenvalue weighted by atomic mass is 16.6. The summed E-state index contributed by atoms with van der Waals surface area (Å²) in [7, 11) is 5.43. The first-order valence-electron chi connectivity index (χ1n) is 28.2. The molecule has 0 bridgehead atoms. The van der Waals surface area contributed by atoms with Gasteiger partial charge in [-0.15, -0.1) is 0 Å². The van der Waals surface area contributed by atoms with E-state index >= 15 is 0 Å².